The van der Waals surface area contributed by atoms with Gasteiger partial charge in [-0.15, -0.1) is 0 Å². The van der Waals surface area contributed by atoms with E-state index in [2.05, 4.69) is 16.0 Å². The van der Waals surface area contributed by atoms with Gasteiger partial charge in [0.05, 0.1) is 7.11 Å². The second kappa shape index (κ2) is 9.24. The quantitative estimate of drug-likeness (QED) is 0.642. The minimum absolute atomic E-state index is 0.0949. The Morgan fingerprint density at radius 3 is 2.86 bits per heavy atom. The number of ether oxygens (including phenoxy) is 1. The molecule has 2 fully saturated rings. The summed E-state index contributed by atoms with van der Waals surface area (Å²) in [4.78, 5) is 36.4. The Kier molecular flexibility index (Phi) is 6.71. The van der Waals surface area contributed by atoms with Gasteiger partial charge in [0.2, 0.25) is 17.7 Å². The van der Waals surface area contributed by atoms with Gasteiger partial charge in [0, 0.05) is 31.0 Å². The number of amides is 3. The monoisotopic (exact) mass is 405 g/mol. The molecule has 0 aliphatic carbocycles. The van der Waals surface area contributed by atoms with Crippen molar-refractivity contribution in [2.75, 3.05) is 13.7 Å². The van der Waals surface area contributed by atoms with Crippen LogP contribution < -0.4 is 20.7 Å². The van der Waals surface area contributed by atoms with Crippen LogP contribution in [0.25, 0.3) is 0 Å². The van der Waals surface area contributed by atoms with Crippen LogP contribution in [0, 0.1) is 5.82 Å². The van der Waals surface area contributed by atoms with Gasteiger partial charge < -0.3 is 20.7 Å². The molecule has 29 heavy (non-hydrogen) atoms. The van der Waals surface area contributed by atoms with E-state index < -0.39 is 17.4 Å². The highest BCUT2D eigenvalue weighted by Gasteiger charge is 2.38. The maximum atomic E-state index is 14.4. The Balaban J connectivity index is 1.63. The van der Waals surface area contributed by atoms with E-state index in [0.29, 0.717) is 50.0 Å². The van der Waals surface area contributed by atoms with Crippen molar-refractivity contribution >= 4 is 17.7 Å². The van der Waals surface area contributed by atoms with Gasteiger partial charge in [-0.25, -0.2) is 4.39 Å². The molecule has 3 amide bonds. The SMILES string of the molecule is COc1ccc(CC2(CCC(=O)N[C@H]3CCCCNC3=O)CCC(=O)N2)c(F)c1. The normalized spacial score (nSPS) is 24.4. The van der Waals surface area contributed by atoms with E-state index in [-0.39, 0.29) is 24.1 Å². The average Bonchev–Trinajstić information content (AvgIpc) is 2.95. The van der Waals surface area contributed by atoms with Crippen LogP contribution >= 0.6 is 0 Å². The van der Waals surface area contributed by atoms with Crippen molar-refractivity contribution in [1.29, 1.82) is 0 Å². The number of benzene rings is 1. The van der Waals surface area contributed by atoms with E-state index in [1.54, 1.807) is 12.1 Å². The molecule has 2 aliphatic heterocycles. The average molecular weight is 405 g/mol. The van der Waals surface area contributed by atoms with Crippen LogP contribution in [0.4, 0.5) is 4.39 Å². The summed E-state index contributed by atoms with van der Waals surface area (Å²) in [6, 6.07) is 4.13. The van der Waals surface area contributed by atoms with Gasteiger partial charge in [-0.1, -0.05) is 6.07 Å². The molecule has 1 aromatic rings. The van der Waals surface area contributed by atoms with Crippen molar-refractivity contribution in [3.63, 3.8) is 0 Å². The van der Waals surface area contributed by atoms with E-state index >= 15 is 0 Å². The van der Waals surface area contributed by atoms with Gasteiger partial charge in [0.25, 0.3) is 0 Å². The fourth-order valence-corrected chi connectivity index (χ4v) is 4.04. The lowest BCUT2D eigenvalue weighted by atomic mass is 9.84. The third kappa shape index (κ3) is 5.46. The molecule has 0 spiro atoms. The summed E-state index contributed by atoms with van der Waals surface area (Å²) in [5.74, 6) is -0.452. The lowest BCUT2D eigenvalue weighted by Gasteiger charge is -2.30. The number of nitrogens with one attached hydrogen (secondary N) is 3. The van der Waals surface area contributed by atoms with Crippen molar-refractivity contribution < 1.29 is 23.5 Å². The van der Waals surface area contributed by atoms with Crippen LogP contribution in [0.2, 0.25) is 0 Å². The van der Waals surface area contributed by atoms with Crippen molar-refractivity contribution in [2.45, 2.75) is 62.9 Å². The molecule has 0 saturated carbocycles. The Labute approximate surface area is 169 Å². The van der Waals surface area contributed by atoms with Gasteiger partial charge >= 0.3 is 0 Å². The van der Waals surface area contributed by atoms with Crippen molar-refractivity contribution in [2.24, 2.45) is 0 Å². The number of carbonyl (C=O) groups is 3. The molecule has 8 heteroatoms. The summed E-state index contributed by atoms with van der Waals surface area (Å²) in [6.07, 6.45) is 4.12. The van der Waals surface area contributed by atoms with E-state index in [0.717, 1.165) is 12.8 Å². The van der Waals surface area contributed by atoms with Crippen LogP contribution in [0.3, 0.4) is 0 Å². The molecule has 3 N–H and O–H groups in total. The van der Waals surface area contributed by atoms with Gasteiger partial charge in [-0.2, -0.15) is 0 Å². The van der Waals surface area contributed by atoms with Crippen LogP contribution in [-0.2, 0) is 20.8 Å². The third-order valence-electron chi connectivity index (χ3n) is 5.73. The molecule has 3 rings (SSSR count). The van der Waals surface area contributed by atoms with E-state index in [1.807, 2.05) is 0 Å². The summed E-state index contributed by atoms with van der Waals surface area (Å²) < 4.78 is 19.5. The largest absolute Gasteiger partial charge is 0.497 e. The Morgan fingerprint density at radius 2 is 2.17 bits per heavy atom. The van der Waals surface area contributed by atoms with Crippen molar-refractivity contribution in [1.82, 2.24) is 16.0 Å². The molecule has 2 atom stereocenters. The Morgan fingerprint density at radius 1 is 1.34 bits per heavy atom. The van der Waals surface area contributed by atoms with Gasteiger partial charge in [0.1, 0.15) is 17.6 Å². The minimum atomic E-state index is -0.671. The molecule has 0 radical (unpaired) electrons. The van der Waals surface area contributed by atoms with Crippen LogP contribution in [0.15, 0.2) is 18.2 Å². The summed E-state index contributed by atoms with van der Waals surface area (Å²) in [5.41, 5.74) is -0.202. The summed E-state index contributed by atoms with van der Waals surface area (Å²) in [6.45, 7) is 0.633. The van der Waals surface area contributed by atoms with Crippen LogP contribution in [0.1, 0.15) is 50.5 Å². The first kappa shape index (κ1) is 21.1. The van der Waals surface area contributed by atoms with Gasteiger partial charge in [-0.05, 0) is 50.2 Å². The number of methoxy groups -OCH3 is 1. The molecule has 0 aromatic heterocycles. The van der Waals surface area contributed by atoms with Gasteiger partial charge in [-0.3, -0.25) is 14.4 Å². The fraction of sp³-hybridized carbons (Fsp3) is 0.571. The Bertz CT molecular complexity index is 785. The molecule has 2 heterocycles. The van der Waals surface area contributed by atoms with Crippen molar-refractivity contribution in [3.8, 4) is 5.75 Å². The zero-order valence-electron chi connectivity index (χ0n) is 16.7. The zero-order chi connectivity index (χ0) is 20.9. The molecule has 0 bridgehead atoms. The van der Waals surface area contributed by atoms with E-state index in [9.17, 15) is 18.8 Å². The molecule has 7 nitrogen and oxygen atoms in total. The minimum Gasteiger partial charge on any atom is -0.497 e. The van der Waals surface area contributed by atoms with Crippen molar-refractivity contribution in [3.05, 3.63) is 29.6 Å². The summed E-state index contributed by atoms with van der Waals surface area (Å²) >= 11 is 0. The predicted octanol–water partition coefficient (Wildman–Crippen LogP) is 1.59. The maximum Gasteiger partial charge on any atom is 0.242 e. The lowest BCUT2D eigenvalue weighted by Crippen LogP contribution is -2.47. The predicted molar refractivity (Wildman–Crippen MR) is 105 cm³/mol. The van der Waals surface area contributed by atoms with Crippen LogP contribution in [-0.4, -0.2) is 43.0 Å². The van der Waals surface area contributed by atoms with E-state index in [1.165, 1.54) is 13.2 Å². The highest BCUT2D eigenvalue weighted by molar-refractivity contribution is 5.87. The lowest BCUT2D eigenvalue weighted by molar-refractivity contribution is -0.129. The molecule has 2 saturated heterocycles. The van der Waals surface area contributed by atoms with Crippen LogP contribution in [0.5, 0.6) is 5.75 Å². The molecule has 1 aromatic carbocycles. The number of hydrogen-bond acceptors (Lipinski definition) is 4. The highest BCUT2D eigenvalue weighted by Crippen LogP contribution is 2.31. The molecule has 1 unspecified atom stereocenters. The first-order valence-corrected chi connectivity index (χ1v) is 10.1. The molecular formula is C21H28FN3O4. The fourth-order valence-electron chi connectivity index (χ4n) is 4.04. The molecular weight excluding hydrogens is 377 g/mol. The van der Waals surface area contributed by atoms with E-state index in [4.69, 9.17) is 4.74 Å². The number of hydrogen-bond donors (Lipinski definition) is 3. The Hall–Kier alpha value is -2.64. The topological polar surface area (TPSA) is 96.5 Å². The molecule has 158 valence electrons. The second-order valence-corrected chi connectivity index (χ2v) is 7.87. The third-order valence-corrected chi connectivity index (χ3v) is 5.73. The zero-order valence-corrected chi connectivity index (χ0v) is 16.7. The highest BCUT2D eigenvalue weighted by atomic mass is 19.1. The smallest absolute Gasteiger partial charge is 0.242 e. The number of carbonyl (C=O) groups excluding carboxylic acids is 3. The second-order valence-electron chi connectivity index (χ2n) is 7.87. The standard InChI is InChI=1S/C21H28FN3O4/c1-29-15-6-5-14(16(22)12-15)13-21(10-8-19(27)25-21)9-7-18(26)24-17-4-2-3-11-23-20(17)28/h5-6,12,17H,2-4,7-11,13H2,1H3,(H,23,28)(H,24,26)(H,25,27)/t17-,21?/m0/s1. The summed E-state index contributed by atoms with van der Waals surface area (Å²) in [7, 11) is 1.47. The number of rotatable bonds is 7. The maximum absolute atomic E-state index is 14.4. The summed E-state index contributed by atoms with van der Waals surface area (Å²) in [5, 5.41) is 8.55. The van der Waals surface area contributed by atoms with Gasteiger partial charge in [0.15, 0.2) is 0 Å². The molecule has 2 aliphatic rings. The first-order valence-electron chi connectivity index (χ1n) is 10.1. The first-order chi connectivity index (χ1) is 13.9. The number of halogens is 1.